The van der Waals surface area contributed by atoms with Gasteiger partial charge in [-0.2, -0.15) is 0 Å². The predicted molar refractivity (Wildman–Crippen MR) is 84.6 cm³/mol. The van der Waals surface area contributed by atoms with Gasteiger partial charge in [-0.1, -0.05) is 40.2 Å². The highest BCUT2D eigenvalue weighted by atomic mass is 79.9. The van der Waals surface area contributed by atoms with Crippen LogP contribution in [0.5, 0.6) is 0 Å². The van der Waals surface area contributed by atoms with E-state index in [4.69, 9.17) is 4.42 Å². The number of para-hydroxylation sites is 1. The van der Waals surface area contributed by atoms with Gasteiger partial charge in [0.2, 0.25) is 5.76 Å². The molecule has 0 radical (unpaired) electrons. The summed E-state index contributed by atoms with van der Waals surface area (Å²) in [5.41, 5.74) is 2.14. The van der Waals surface area contributed by atoms with E-state index in [1.165, 1.54) is 0 Å². The molecule has 106 valence electrons. The standard InChI is InChI=1S/C16H12BrNO3/c17-10-4-3-5-11(8-10)18-9-13-12-6-1-2-7-14(12)21-15(13)16(19)20/h1-8,18H,9H2,(H,19,20). The van der Waals surface area contributed by atoms with E-state index in [-0.39, 0.29) is 5.76 Å². The number of benzene rings is 2. The maximum atomic E-state index is 11.3. The number of halogens is 1. The second-order valence-corrected chi connectivity index (χ2v) is 5.49. The molecule has 1 heterocycles. The number of aromatic carboxylic acids is 1. The van der Waals surface area contributed by atoms with Crippen molar-refractivity contribution in [3.05, 3.63) is 64.3 Å². The van der Waals surface area contributed by atoms with Crippen molar-refractivity contribution in [3.8, 4) is 0 Å². The smallest absolute Gasteiger partial charge is 0.372 e. The average Bonchev–Trinajstić information content (AvgIpc) is 2.84. The van der Waals surface area contributed by atoms with Crippen molar-refractivity contribution >= 4 is 38.6 Å². The normalized spacial score (nSPS) is 10.7. The van der Waals surface area contributed by atoms with Gasteiger partial charge in [-0.25, -0.2) is 4.79 Å². The van der Waals surface area contributed by atoms with E-state index >= 15 is 0 Å². The largest absolute Gasteiger partial charge is 0.475 e. The van der Waals surface area contributed by atoms with Crippen LogP contribution < -0.4 is 5.32 Å². The van der Waals surface area contributed by atoms with Crippen LogP contribution in [0.3, 0.4) is 0 Å². The molecule has 4 nitrogen and oxygen atoms in total. The van der Waals surface area contributed by atoms with E-state index in [0.29, 0.717) is 17.7 Å². The molecule has 2 N–H and O–H groups in total. The third kappa shape index (κ3) is 2.78. The molecule has 3 rings (SSSR count). The molecular formula is C16H12BrNO3. The highest BCUT2D eigenvalue weighted by molar-refractivity contribution is 9.10. The van der Waals surface area contributed by atoms with Gasteiger partial charge in [-0.15, -0.1) is 0 Å². The Balaban J connectivity index is 1.95. The van der Waals surface area contributed by atoms with Crippen molar-refractivity contribution in [1.29, 1.82) is 0 Å². The first kappa shape index (κ1) is 13.7. The first-order chi connectivity index (χ1) is 10.1. The summed E-state index contributed by atoms with van der Waals surface area (Å²) in [5.74, 6) is -1.07. The molecule has 2 aromatic carbocycles. The number of nitrogens with one attached hydrogen (secondary N) is 1. The van der Waals surface area contributed by atoms with E-state index < -0.39 is 5.97 Å². The van der Waals surface area contributed by atoms with Crippen molar-refractivity contribution in [2.45, 2.75) is 6.54 Å². The number of fused-ring (bicyclic) bond motifs is 1. The maximum Gasteiger partial charge on any atom is 0.372 e. The van der Waals surface area contributed by atoms with Crippen molar-refractivity contribution in [1.82, 2.24) is 0 Å². The summed E-state index contributed by atoms with van der Waals surface area (Å²) in [6, 6.07) is 15.0. The lowest BCUT2D eigenvalue weighted by Crippen LogP contribution is -2.05. The third-order valence-corrected chi connectivity index (χ3v) is 3.68. The fourth-order valence-electron chi connectivity index (χ4n) is 2.24. The molecule has 5 heteroatoms. The summed E-state index contributed by atoms with van der Waals surface area (Å²) in [5, 5.41) is 13.3. The zero-order valence-corrected chi connectivity index (χ0v) is 12.6. The van der Waals surface area contributed by atoms with Crippen LogP contribution in [0.1, 0.15) is 16.1 Å². The number of hydrogen-bond acceptors (Lipinski definition) is 3. The molecule has 0 amide bonds. The van der Waals surface area contributed by atoms with E-state index in [2.05, 4.69) is 21.2 Å². The minimum atomic E-state index is -1.06. The van der Waals surface area contributed by atoms with Crippen molar-refractivity contribution in [2.75, 3.05) is 5.32 Å². The van der Waals surface area contributed by atoms with Gasteiger partial charge in [0, 0.05) is 27.7 Å². The molecule has 0 saturated heterocycles. The highest BCUT2D eigenvalue weighted by Gasteiger charge is 2.19. The van der Waals surface area contributed by atoms with E-state index in [1.54, 1.807) is 6.07 Å². The van der Waals surface area contributed by atoms with Crippen LogP contribution in [-0.4, -0.2) is 11.1 Å². The van der Waals surface area contributed by atoms with Crippen LogP contribution in [0.2, 0.25) is 0 Å². The quantitative estimate of drug-likeness (QED) is 0.730. The number of carboxylic acid groups (broad SMARTS) is 1. The van der Waals surface area contributed by atoms with Crippen LogP contribution in [-0.2, 0) is 6.54 Å². The summed E-state index contributed by atoms with van der Waals surface area (Å²) >= 11 is 3.41. The first-order valence-electron chi connectivity index (χ1n) is 6.38. The molecular weight excluding hydrogens is 334 g/mol. The van der Waals surface area contributed by atoms with Crippen molar-refractivity contribution in [3.63, 3.8) is 0 Å². The Hall–Kier alpha value is -2.27. The molecule has 0 spiro atoms. The zero-order valence-electron chi connectivity index (χ0n) is 11.0. The Labute approximate surface area is 129 Å². The lowest BCUT2D eigenvalue weighted by molar-refractivity contribution is 0.0663. The lowest BCUT2D eigenvalue weighted by Gasteiger charge is -2.06. The summed E-state index contributed by atoms with van der Waals surface area (Å²) < 4.78 is 6.39. The van der Waals surface area contributed by atoms with Crippen LogP contribution in [0.25, 0.3) is 11.0 Å². The Morgan fingerprint density at radius 3 is 2.76 bits per heavy atom. The minimum absolute atomic E-state index is 0.0151. The lowest BCUT2D eigenvalue weighted by atomic mass is 10.1. The summed E-state index contributed by atoms with van der Waals surface area (Å²) in [6.07, 6.45) is 0. The second kappa shape index (κ2) is 5.61. The van der Waals surface area contributed by atoms with E-state index in [0.717, 1.165) is 15.5 Å². The van der Waals surface area contributed by atoms with Crippen molar-refractivity contribution in [2.24, 2.45) is 0 Å². The highest BCUT2D eigenvalue weighted by Crippen LogP contribution is 2.27. The van der Waals surface area contributed by atoms with Gasteiger partial charge in [-0.3, -0.25) is 0 Å². The number of furan rings is 1. The number of carboxylic acids is 1. The Morgan fingerprint density at radius 2 is 2.00 bits per heavy atom. The first-order valence-corrected chi connectivity index (χ1v) is 7.17. The molecule has 0 bridgehead atoms. The number of anilines is 1. The Bertz CT molecular complexity index is 810. The molecule has 0 fully saturated rings. The SMILES string of the molecule is O=C(O)c1oc2ccccc2c1CNc1cccc(Br)c1. The fraction of sp³-hybridized carbons (Fsp3) is 0.0625. The second-order valence-electron chi connectivity index (χ2n) is 4.57. The van der Waals surface area contributed by atoms with Gasteiger partial charge >= 0.3 is 5.97 Å². The number of hydrogen-bond donors (Lipinski definition) is 2. The van der Waals surface area contributed by atoms with Crippen LogP contribution in [0.15, 0.2) is 57.4 Å². The molecule has 1 aromatic heterocycles. The van der Waals surface area contributed by atoms with Gasteiger partial charge in [-0.05, 0) is 24.3 Å². The van der Waals surface area contributed by atoms with Crippen LogP contribution in [0, 0.1) is 0 Å². The Morgan fingerprint density at radius 1 is 1.19 bits per heavy atom. The topological polar surface area (TPSA) is 62.5 Å². The predicted octanol–water partition coefficient (Wildman–Crippen LogP) is 4.51. The van der Waals surface area contributed by atoms with Gasteiger partial charge in [0.1, 0.15) is 5.58 Å². The van der Waals surface area contributed by atoms with Gasteiger partial charge in [0.15, 0.2) is 0 Å². The van der Waals surface area contributed by atoms with Gasteiger partial charge in [0.25, 0.3) is 0 Å². The fourth-order valence-corrected chi connectivity index (χ4v) is 2.64. The molecule has 0 aliphatic rings. The Kier molecular flexibility index (Phi) is 3.66. The van der Waals surface area contributed by atoms with Gasteiger partial charge in [0.05, 0.1) is 0 Å². The number of carbonyl (C=O) groups is 1. The summed E-state index contributed by atoms with van der Waals surface area (Å²) in [6.45, 7) is 0.384. The molecule has 21 heavy (non-hydrogen) atoms. The third-order valence-electron chi connectivity index (χ3n) is 3.19. The van der Waals surface area contributed by atoms with Crippen LogP contribution >= 0.6 is 15.9 Å². The number of rotatable bonds is 4. The molecule has 0 saturated carbocycles. The molecule has 0 aliphatic carbocycles. The van der Waals surface area contributed by atoms with Gasteiger partial charge < -0.3 is 14.8 Å². The maximum absolute atomic E-state index is 11.3. The summed E-state index contributed by atoms with van der Waals surface area (Å²) in [4.78, 5) is 11.3. The molecule has 0 unspecified atom stereocenters. The minimum Gasteiger partial charge on any atom is -0.475 e. The average molecular weight is 346 g/mol. The van der Waals surface area contributed by atoms with E-state index in [9.17, 15) is 9.90 Å². The monoisotopic (exact) mass is 345 g/mol. The summed E-state index contributed by atoms with van der Waals surface area (Å²) in [7, 11) is 0. The molecule has 0 aliphatic heterocycles. The zero-order chi connectivity index (χ0) is 14.8. The molecule has 0 atom stereocenters. The van der Waals surface area contributed by atoms with Crippen molar-refractivity contribution < 1.29 is 14.3 Å². The molecule has 3 aromatic rings. The van der Waals surface area contributed by atoms with E-state index in [1.807, 2.05) is 42.5 Å². The van der Waals surface area contributed by atoms with Crippen LogP contribution in [0.4, 0.5) is 5.69 Å².